The number of benzene rings is 2. The van der Waals surface area contributed by atoms with Gasteiger partial charge in [0.2, 0.25) is 11.8 Å². The third-order valence-corrected chi connectivity index (χ3v) is 4.72. The van der Waals surface area contributed by atoms with Gasteiger partial charge in [-0.2, -0.15) is 0 Å². The molecule has 130 valence electrons. The Bertz CT molecular complexity index is 757. The van der Waals surface area contributed by atoms with E-state index in [1.165, 1.54) is 16.0 Å². The molecule has 0 spiro atoms. The molecule has 1 heterocycles. The van der Waals surface area contributed by atoms with Crippen LogP contribution in [-0.4, -0.2) is 22.8 Å². The second-order valence-electron chi connectivity index (χ2n) is 7.78. The van der Waals surface area contributed by atoms with Gasteiger partial charge >= 0.3 is 0 Å². The quantitative estimate of drug-likeness (QED) is 0.830. The number of carbonyl (C=O) groups excluding carboxylic acids is 2. The molecule has 1 aliphatic heterocycles. The second-order valence-corrected chi connectivity index (χ2v) is 7.78. The lowest BCUT2D eigenvalue weighted by Gasteiger charge is -2.29. The SMILES string of the molecule is CC(C)(C)C(=O)N1C(=O)CC[C@@H]1Cc1ccc(-c2ccccc2)cc1. The molecule has 3 rings (SSSR count). The maximum atomic E-state index is 12.6. The van der Waals surface area contributed by atoms with E-state index in [4.69, 9.17) is 0 Å². The van der Waals surface area contributed by atoms with E-state index in [2.05, 4.69) is 36.4 Å². The van der Waals surface area contributed by atoms with Gasteiger partial charge in [-0.3, -0.25) is 14.5 Å². The molecule has 2 aromatic rings. The summed E-state index contributed by atoms with van der Waals surface area (Å²) in [6.45, 7) is 5.60. The Morgan fingerprint density at radius 1 is 1.00 bits per heavy atom. The molecule has 0 aliphatic carbocycles. The number of hydrogen-bond acceptors (Lipinski definition) is 2. The largest absolute Gasteiger partial charge is 0.279 e. The summed E-state index contributed by atoms with van der Waals surface area (Å²) in [5, 5.41) is 0. The molecule has 1 fully saturated rings. The summed E-state index contributed by atoms with van der Waals surface area (Å²) in [4.78, 5) is 26.3. The average Bonchev–Trinajstić information content (AvgIpc) is 2.95. The van der Waals surface area contributed by atoms with Crippen LogP contribution in [0.3, 0.4) is 0 Å². The van der Waals surface area contributed by atoms with Crippen molar-refractivity contribution in [1.29, 1.82) is 0 Å². The number of imide groups is 1. The Morgan fingerprint density at radius 3 is 2.20 bits per heavy atom. The van der Waals surface area contributed by atoms with Crippen LogP contribution in [0.25, 0.3) is 11.1 Å². The van der Waals surface area contributed by atoms with Gasteiger partial charge in [0, 0.05) is 17.9 Å². The van der Waals surface area contributed by atoms with Gasteiger partial charge in [0.1, 0.15) is 0 Å². The molecule has 1 atom stereocenters. The van der Waals surface area contributed by atoms with Crippen molar-refractivity contribution in [3.8, 4) is 11.1 Å². The molecule has 0 saturated carbocycles. The van der Waals surface area contributed by atoms with Crippen LogP contribution in [0.1, 0.15) is 39.2 Å². The van der Waals surface area contributed by atoms with Crippen molar-refractivity contribution >= 4 is 11.8 Å². The number of likely N-dealkylation sites (tertiary alicyclic amines) is 1. The lowest BCUT2D eigenvalue weighted by atomic mass is 9.93. The smallest absolute Gasteiger partial charge is 0.234 e. The van der Waals surface area contributed by atoms with E-state index in [0.717, 1.165) is 18.4 Å². The Hall–Kier alpha value is -2.42. The first kappa shape index (κ1) is 17.4. The molecule has 25 heavy (non-hydrogen) atoms. The van der Waals surface area contributed by atoms with Gasteiger partial charge in [0.25, 0.3) is 0 Å². The van der Waals surface area contributed by atoms with Crippen molar-refractivity contribution in [1.82, 2.24) is 4.90 Å². The van der Waals surface area contributed by atoms with Crippen LogP contribution >= 0.6 is 0 Å². The van der Waals surface area contributed by atoms with Gasteiger partial charge < -0.3 is 0 Å². The van der Waals surface area contributed by atoms with Gasteiger partial charge in [0.05, 0.1) is 0 Å². The number of nitrogens with zero attached hydrogens (tertiary/aromatic N) is 1. The zero-order valence-electron chi connectivity index (χ0n) is 15.2. The van der Waals surface area contributed by atoms with Crippen LogP contribution in [0, 0.1) is 5.41 Å². The molecule has 2 amide bonds. The van der Waals surface area contributed by atoms with Crippen LogP contribution in [0.2, 0.25) is 0 Å². The highest BCUT2D eigenvalue weighted by molar-refractivity contribution is 5.99. The zero-order valence-corrected chi connectivity index (χ0v) is 15.2. The van der Waals surface area contributed by atoms with Crippen LogP contribution in [0.5, 0.6) is 0 Å². The number of hydrogen-bond donors (Lipinski definition) is 0. The fourth-order valence-corrected chi connectivity index (χ4v) is 3.31. The van der Waals surface area contributed by atoms with Crippen LogP contribution in [0.15, 0.2) is 54.6 Å². The molecule has 0 unspecified atom stereocenters. The van der Waals surface area contributed by atoms with E-state index in [-0.39, 0.29) is 17.9 Å². The molecule has 1 saturated heterocycles. The number of amides is 2. The first-order chi connectivity index (χ1) is 11.9. The summed E-state index contributed by atoms with van der Waals surface area (Å²) in [5.74, 6) is -0.105. The lowest BCUT2D eigenvalue weighted by molar-refractivity contribution is -0.149. The molecule has 0 aromatic heterocycles. The molecule has 0 bridgehead atoms. The highest BCUT2D eigenvalue weighted by Gasteiger charge is 2.40. The fraction of sp³-hybridized carbons (Fsp3) is 0.364. The van der Waals surface area contributed by atoms with Gasteiger partial charge in [-0.05, 0) is 29.5 Å². The lowest BCUT2D eigenvalue weighted by Crippen LogP contribution is -2.45. The third-order valence-electron chi connectivity index (χ3n) is 4.72. The van der Waals surface area contributed by atoms with E-state index in [0.29, 0.717) is 6.42 Å². The van der Waals surface area contributed by atoms with E-state index in [1.54, 1.807) is 0 Å². The standard InChI is InChI=1S/C22H25NO2/c1-22(2,3)21(25)23-19(13-14-20(23)24)15-16-9-11-18(12-10-16)17-7-5-4-6-8-17/h4-12,19H,13-15H2,1-3H3/t19-/m1/s1. The number of rotatable bonds is 3. The fourth-order valence-electron chi connectivity index (χ4n) is 3.31. The predicted molar refractivity (Wildman–Crippen MR) is 99.9 cm³/mol. The summed E-state index contributed by atoms with van der Waals surface area (Å²) >= 11 is 0. The summed E-state index contributed by atoms with van der Waals surface area (Å²) in [6.07, 6.45) is 1.94. The Kier molecular flexibility index (Phi) is 4.76. The highest BCUT2D eigenvalue weighted by atomic mass is 16.2. The summed E-state index contributed by atoms with van der Waals surface area (Å²) in [6, 6.07) is 18.7. The van der Waals surface area contributed by atoms with Crippen molar-refractivity contribution in [2.24, 2.45) is 5.41 Å². The summed E-state index contributed by atoms with van der Waals surface area (Å²) in [7, 11) is 0. The maximum Gasteiger partial charge on any atom is 0.234 e. The molecule has 0 N–H and O–H groups in total. The average molecular weight is 335 g/mol. The minimum absolute atomic E-state index is 0.0261. The van der Waals surface area contributed by atoms with Crippen molar-refractivity contribution in [2.75, 3.05) is 0 Å². The van der Waals surface area contributed by atoms with E-state index in [9.17, 15) is 9.59 Å². The minimum atomic E-state index is -0.532. The van der Waals surface area contributed by atoms with Crippen molar-refractivity contribution in [3.63, 3.8) is 0 Å². The molecule has 3 nitrogen and oxygen atoms in total. The van der Waals surface area contributed by atoms with E-state index in [1.807, 2.05) is 39.0 Å². The van der Waals surface area contributed by atoms with E-state index >= 15 is 0 Å². The van der Waals surface area contributed by atoms with Gasteiger partial charge in [-0.1, -0.05) is 75.4 Å². The summed E-state index contributed by atoms with van der Waals surface area (Å²) in [5.41, 5.74) is 2.99. The number of carbonyl (C=O) groups is 2. The van der Waals surface area contributed by atoms with Crippen LogP contribution in [0.4, 0.5) is 0 Å². The minimum Gasteiger partial charge on any atom is -0.279 e. The molecule has 3 heteroatoms. The molecular weight excluding hydrogens is 310 g/mol. The Labute approximate surface area is 149 Å². The van der Waals surface area contributed by atoms with Crippen molar-refractivity contribution < 1.29 is 9.59 Å². The molecular formula is C22H25NO2. The van der Waals surface area contributed by atoms with Gasteiger partial charge in [0.15, 0.2) is 0 Å². The maximum absolute atomic E-state index is 12.6. The zero-order chi connectivity index (χ0) is 18.0. The van der Waals surface area contributed by atoms with Crippen molar-refractivity contribution in [2.45, 2.75) is 46.1 Å². The first-order valence-electron chi connectivity index (χ1n) is 8.87. The van der Waals surface area contributed by atoms with Gasteiger partial charge in [-0.15, -0.1) is 0 Å². The monoisotopic (exact) mass is 335 g/mol. The third kappa shape index (κ3) is 3.81. The molecule has 2 aromatic carbocycles. The highest BCUT2D eigenvalue weighted by Crippen LogP contribution is 2.29. The molecule has 1 aliphatic rings. The topological polar surface area (TPSA) is 37.4 Å². The predicted octanol–water partition coefficient (Wildman–Crippen LogP) is 4.46. The van der Waals surface area contributed by atoms with Crippen LogP contribution in [-0.2, 0) is 16.0 Å². The van der Waals surface area contributed by atoms with Gasteiger partial charge in [-0.25, -0.2) is 0 Å². The second kappa shape index (κ2) is 6.83. The molecule has 0 radical (unpaired) electrons. The normalized spacial score (nSPS) is 17.8. The summed E-state index contributed by atoms with van der Waals surface area (Å²) < 4.78 is 0. The first-order valence-corrected chi connectivity index (χ1v) is 8.87. The Balaban J connectivity index is 1.75. The van der Waals surface area contributed by atoms with E-state index < -0.39 is 5.41 Å². The van der Waals surface area contributed by atoms with Crippen LogP contribution < -0.4 is 0 Å². The van der Waals surface area contributed by atoms with Crippen molar-refractivity contribution in [3.05, 3.63) is 60.2 Å². The Morgan fingerprint density at radius 2 is 1.60 bits per heavy atom.